The number of benzene rings is 2. The maximum atomic E-state index is 13.0. The van der Waals surface area contributed by atoms with Crippen LogP contribution >= 0.6 is 0 Å². The second kappa shape index (κ2) is 6.57. The van der Waals surface area contributed by atoms with Gasteiger partial charge in [-0.2, -0.15) is 0 Å². The van der Waals surface area contributed by atoms with Crippen molar-refractivity contribution in [3.63, 3.8) is 0 Å². The molecule has 0 unspecified atom stereocenters. The van der Waals surface area contributed by atoms with Crippen LogP contribution in [0.15, 0.2) is 60.7 Å². The first kappa shape index (κ1) is 17.0. The molecule has 0 saturated heterocycles. The number of carbonyl (C=O) groups is 1. The third kappa shape index (κ3) is 3.21. The van der Waals surface area contributed by atoms with Crippen LogP contribution < -0.4 is 9.47 Å². The van der Waals surface area contributed by atoms with Gasteiger partial charge >= 0.3 is 0 Å². The Morgan fingerprint density at radius 3 is 1.36 bits per heavy atom. The van der Waals surface area contributed by atoms with E-state index in [4.69, 9.17) is 9.47 Å². The number of rotatable bonds is 4. The van der Waals surface area contributed by atoms with E-state index in [1.165, 1.54) is 14.2 Å². The highest BCUT2D eigenvalue weighted by Crippen LogP contribution is 2.36. The maximum Gasteiger partial charge on any atom is 0.208 e. The van der Waals surface area contributed by atoms with Gasteiger partial charge in [0.05, 0.1) is 24.0 Å². The van der Waals surface area contributed by atoms with E-state index in [1.807, 2.05) is 0 Å². The Morgan fingerprint density at radius 2 is 1.04 bits per heavy atom. The number of ketones is 1. The second-order valence-corrected chi connectivity index (χ2v) is 7.27. The van der Waals surface area contributed by atoms with Crippen molar-refractivity contribution in [2.24, 2.45) is 0 Å². The first-order valence-electron chi connectivity index (χ1n) is 7.47. The monoisotopic (exact) mass is 356 g/mol. The van der Waals surface area contributed by atoms with Gasteiger partial charge in [0.2, 0.25) is 9.84 Å². The molecule has 6 heteroatoms. The van der Waals surface area contributed by atoms with Gasteiger partial charge in [-0.05, 0) is 59.7 Å². The molecular weight excluding hydrogens is 340 g/mol. The van der Waals surface area contributed by atoms with Gasteiger partial charge in [0, 0.05) is 12.2 Å². The van der Waals surface area contributed by atoms with Crippen LogP contribution in [0.1, 0.15) is 11.1 Å². The summed E-state index contributed by atoms with van der Waals surface area (Å²) in [5, 5.41) is 0. The fourth-order valence-corrected chi connectivity index (χ4v) is 4.23. The molecule has 0 radical (unpaired) electrons. The van der Waals surface area contributed by atoms with E-state index in [2.05, 4.69) is 0 Å². The number of allylic oxidation sites excluding steroid dienone is 2. The summed E-state index contributed by atoms with van der Waals surface area (Å²) in [6.45, 7) is 0. The Balaban J connectivity index is 2.06. The maximum absolute atomic E-state index is 13.0. The van der Waals surface area contributed by atoms with Crippen LogP contribution in [0.5, 0.6) is 11.5 Å². The molecule has 3 rings (SSSR count). The smallest absolute Gasteiger partial charge is 0.208 e. The van der Waals surface area contributed by atoms with Crippen LogP contribution in [0.25, 0.3) is 9.81 Å². The molecule has 5 nitrogen and oxygen atoms in total. The van der Waals surface area contributed by atoms with Crippen molar-refractivity contribution < 1.29 is 22.7 Å². The summed E-state index contributed by atoms with van der Waals surface area (Å²) in [6.07, 6.45) is 2.29. The largest absolute Gasteiger partial charge is 0.497 e. The molecule has 0 amide bonds. The summed E-state index contributed by atoms with van der Waals surface area (Å²) in [4.78, 5) is 12.1. The lowest BCUT2D eigenvalue weighted by molar-refractivity contribution is -0.110. The number of methoxy groups -OCH3 is 2. The van der Waals surface area contributed by atoms with E-state index in [9.17, 15) is 13.2 Å². The van der Waals surface area contributed by atoms with Crippen LogP contribution in [-0.2, 0) is 14.6 Å². The molecule has 0 aromatic heterocycles. The average Bonchev–Trinajstić information content (AvgIpc) is 2.63. The molecule has 128 valence electrons. The molecule has 1 aliphatic heterocycles. The van der Waals surface area contributed by atoms with E-state index in [-0.39, 0.29) is 15.6 Å². The number of hydrogen-bond donors (Lipinski definition) is 0. The minimum atomic E-state index is -3.82. The zero-order valence-corrected chi connectivity index (χ0v) is 14.5. The summed E-state index contributed by atoms with van der Waals surface area (Å²) >= 11 is 0. The first-order chi connectivity index (χ1) is 12.0. The SMILES string of the molecule is COc1ccc(C2=CC(=O)C=C(c3ccc(OC)cc3)S2(=O)=O)cc1. The lowest BCUT2D eigenvalue weighted by Gasteiger charge is -2.16. The van der Waals surface area contributed by atoms with Gasteiger partial charge in [-0.15, -0.1) is 0 Å². The van der Waals surface area contributed by atoms with Gasteiger partial charge in [-0.25, -0.2) is 8.42 Å². The Hall–Kier alpha value is -2.86. The minimum Gasteiger partial charge on any atom is -0.497 e. The molecule has 2 aromatic rings. The van der Waals surface area contributed by atoms with Crippen molar-refractivity contribution in [3.05, 3.63) is 71.8 Å². The van der Waals surface area contributed by atoms with Gasteiger partial charge in [-0.3, -0.25) is 4.79 Å². The van der Waals surface area contributed by atoms with E-state index in [0.717, 1.165) is 12.2 Å². The fraction of sp³-hybridized carbons (Fsp3) is 0.105. The summed E-state index contributed by atoms with van der Waals surface area (Å²) in [7, 11) is -0.768. The Bertz CT molecular complexity index is 892. The van der Waals surface area contributed by atoms with Gasteiger partial charge < -0.3 is 9.47 Å². The predicted molar refractivity (Wildman–Crippen MR) is 95.9 cm³/mol. The van der Waals surface area contributed by atoms with Crippen molar-refractivity contribution in [3.8, 4) is 11.5 Å². The lowest BCUT2D eigenvalue weighted by Crippen LogP contribution is -2.13. The number of sulfone groups is 1. The van der Waals surface area contributed by atoms with Gasteiger partial charge in [0.1, 0.15) is 11.5 Å². The fourth-order valence-electron chi connectivity index (χ4n) is 2.56. The predicted octanol–water partition coefficient (Wildman–Crippen LogP) is 3.08. The molecule has 0 N–H and O–H groups in total. The molecule has 0 bridgehead atoms. The summed E-state index contributed by atoms with van der Waals surface area (Å²) < 4.78 is 36.2. The normalized spacial score (nSPS) is 16.0. The highest BCUT2D eigenvalue weighted by Gasteiger charge is 2.30. The van der Waals surface area contributed by atoms with Crippen molar-refractivity contribution in [2.45, 2.75) is 0 Å². The molecule has 0 saturated carbocycles. The third-order valence-electron chi connectivity index (χ3n) is 3.87. The molecule has 0 spiro atoms. The lowest BCUT2D eigenvalue weighted by atomic mass is 10.1. The molecule has 1 heterocycles. The van der Waals surface area contributed by atoms with Crippen LogP contribution in [0.4, 0.5) is 0 Å². The Labute approximate surface area is 146 Å². The van der Waals surface area contributed by atoms with Crippen LogP contribution in [0.2, 0.25) is 0 Å². The first-order valence-corrected chi connectivity index (χ1v) is 8.95. The molecule has 1 aliphatic rings. The van der Waals surface area contributed by atoms with Crippen molar-refractivity contribution in [2.75, 3.05) is 14.2 Å². The van der Waals surface area contributed by atoms with Crippen molar-refractivity contribution in [1.82, 2.24) is 0 Å². The van der Waals surface area contributed by atoms with E-state index in [1.54, 1.807) is 48.5 Å². The number of ether oxygens (including phenoxy) is 2. The second-order valence-electron chi connectivity index (χ2n) is 5.38. The van der Waals surface area contributed by atoms with Crippen molar-refractivity contribution >= 4 is 25.4 Å². The molecular formula is C19H16O5S. The third-order valence-corrected chi connectivity index (χ3v) is 5.74. The van der Waals surface area contributed by atoms with Gasteiger partial charge in [-0.1, -0.05) is 0 Å². The van der Waals surface area contributed by atoms with Crippen LogP contribution in [0, 0.1) is 0 Å². The Morgan fingerprint density at radius 1 is 0.680 bits per heavy atom. The number of hydrogen-bond acceptors (Lipinski definition) is 5. The van der Waals surface area contributed by atoms with E-state index >= 15 is 0 Å². The zero-order chi connectivity index (χ0) is 18.0. The standard InChI is InChI=1S/C19H16O5S/c1-23-16-7-3-13(4-8-16)18-11-15(20)12-19(25(18,21)22)14-5-9-17(24-2)10-6-14/h3-12H,1-2H3. The van der Waals surface area contributed by atoms with Gasteiger partial charge in [0.15, 0.2) is 5.78 Å². The average molecular weight is 356 g/mol. The number of carbonyl (C=O) groups excluding carboxylic acids is 1. The van der Waals surface area contributed by atoms with Crippen molar-refractivity contribution in [1.29, 1.82) is 0 Å². The molecule has 0 aliphatic carbocycles. The highest BCUT2D eigenvalue weighted by atomic mass is 32.2. The van der Waals surface area contributed by atoms with Crippen LogP contribution in [0.3, 0.4) is 0 Å². The van der Waals surface area contributed by atoms with Crippen LogP contribution in [-0.4, -0.2) is 28.4 Å². The van der Waals surface area contributed by atoms with E-state index < -0.39 is 9.84 Å². The molecule has 25 heavy (non-hydrogen) atoms. The molecule has 2 aromatic carbocycles. The molecule has 0 atom stereocenters. The highest BCUT2D eigenvalue weighted by molar-refractivity contribution is 8.09. The Kier molecular flexibility index (Phi) is 4.46. The summed E-state index contributed by atoms with van der Waals surface area (Å²) in [6, 6.07) is 13.1. The van der Waals surface area contributed by atoms with E-state index in [0.29, 0.717) is 22.6 Å². The minimum absolute atomic E-state index is 0.0199. The summed E-state index contributed by atoms with van der Waals surface area (Å²) in [5.41, 5.74) is 0.876. The van der Waals surface area contributed by atoms with Gasteiger partial charge in [0.25, 0.3) is 0 Å². The molecule has 0 fully saturated rings. The summed E-state index contributed by atoms with van der Waals surface area (Å²) in [5.74, 6) is 0.844. The topological polar surface area (TPSA) is 69.7 Å². The zero-order valence-electron chi connectivity index (χ0n) is 13.7. The quantitative estimate of drug-likeness (QED) is 0.842.